The van der Waals surface area contributed by atoms with Crippen molar-refractivity contribution in [3.8, 4) is 0 Å². The highest BCUT2D eigenvalue weighted by Crippen LogP contribution is 2.27. The molecule has 0 atom stereocenters. The first-order valence-electron chi connectivity index (χ1n) is 11.0. The minimum absolute atomic E-state index is 0.159. The number of piperidine rings is 1. The van der Waals surface area contributed by atoms with Crippen LogP contribution in [-0.2, 0) is 11.3 Å². The van der Waals surface area contributed by atoms with E-state index >= 15 is 0 Å². The zero-order valence-corrected chi connectivity index (χ0v) is 19.6. The van der Waals surface area contributed by atoms with Gasteiger partial charge in [-0.25, -0.2) is 0 Å². The molecule has 10 heteroatoms. The fourth-order valence-electron chi connectivity index (χ4n) is 3.70. The van der Waals surface area contributed by atoms with E-state index in [1.807, 2.05) is 16.7 Å². The molecule has 0 aliphatic carbocycles. The number of rotatable bonds is 8. The summed E-state index contributed by atoms with van der Waals surface area (Å²) in [5.74, 6) is 2.19. The number of nitrogens with zero attached hydrogens (tertiary/aromatic N) is 4. The molecule has 4 rings (SSSR count). The number of hydrogen-bond donors (Lipinski definition) is 2. The maximum absolute atomic E-state index is 12.5. The largest absolute Gasteiger partial charge is 0.467 e. The molecule has 2 N–H and O–H groups in total. The van der Waals surface area contributed by atoms with E-state index in [1.165, 1.54) is 11.8 Å². The Morgan fingerprint density at radius 2 is 1.91 bits per heavy atom. The van der Waals surface area contributed by atoms with Crippen molar-refractivity contribution >= 4 is 35.2 Å². The summed E-state index contributed by atoms with van der Waals surface area (Å²) in [6.45, 7) is 4.66. The molecule has 2 amide bonds. The molecule has 174 valence electrons. The lowest BCUT2D eigenvalue weighted by Crippen LogP contribution is -2.35. The van der Waals surface area contributed by atoms with Crippen LogP contribution in [0.2, 0.25) is 0 Å². The first kappa shape index (κ1) is 22.9. The van der Waals surface area contributed by atoms with Crippen LogP contribution in [0.5, 0.6) is 0 Å². The SMILES string of the molecule is CNC(=O)c1ccc(NC(=O)CSc2nnc(N3CCC(C)CC3)n2Cc2ccco2)cc1. The highest BCUT2D eigenvalue weighted by molar-refractivity contribution is 7.99. The quantitative estimate of drug-likeness (QED) is 0.489. The van der Waals surface area contributed by atoms with Gasteiger partial charge in [-0.2, -0.15) is 0 Å². The molecule has 0 bridgehead atoms. The van der Waals surface area contributed by atoms with E-state index in [2.05, 4.69) is 32.7 Å². The average Bonchev–Trinajstić information content (AvgIpc) is 3.49. The summed E-state index contributed by atoms with van der Waals surface area (Å²) in [5, 5.41) is 14.9. The second kappa shape index (κ2) is 10.6. The van der Waals surface area contributed by atoms with Gasteiger partial charge in [-0.1, -0.05) is 18.7 Å². The van der Waals surface area contributed by atoms with Crippen molar-refractivity contribution in [1.29, 1.82) is 0 Å². The van der Waals surface area contributed by atoms with Crippen molar-refractivity contribution in [2.45, 2.75) is 31.5 Å². The molecule has 33 heavy (non-hydrogen) atoms. The normalized spacial score (nSPS) is 14.3. The van der Waals surface area contributed by atoms with Crippen LogP contribution in [-0.4, -0.2) is 52.5 Å². The number of thioether (sulfide) groups is 1. The highest BCUT2D eigenvalue weighted by Gasteiger charge is 2.23. The molecule has 1 aliphatic rings. The van der Waals surface area contributed by atoms with Crippen LogP contribution in [0.15, 0.2) is 52.2 Å². The van der Waals surface area contributed by atoms with E-state index < -0.39 is 0 Å². The lowest BCUT2D eigenvalue weighted by molar-refractivity contribution is -0.113. The van der Waals surface area contributed by atoms with Crippen LogP contribution in [0.3, 0.4) is 0 Å². The first-order valence-corrected chi connectivity index (χ1v) is 12.0. The molecule has 0 saturated carbocycles. The molecule has 3 aromatic rings. The maximum Gasteiger partial charge on any atom is 0.251 e. The van der Waals surface area contributed by atoms with Crippen molar-refractivity contribution in [2.24, 2.45) is 5.92 Å². The standard InChI is InChI=1S/C23H28N6O3S/c1-16-9-11-28(12-10-16)22-26-27-23(29(22)14-19-4-3-13-32-19)33-15-20(30)25-18-7-5-17(6-8-18)21(31)24-2/h3-8,13,16H,9-12,14-15H2,1-2H3,(H,24,31)(H,25,30). The van der Waals surface area contributed by atoms with Crippen LogP contribution in [0.4, 0.5) is 11.6 Å². The number of aromatic nitrogens is 3. The van der Waals surface area contributed by atoms with Crippen molar-refractivity contribution in [3.63, 3.8) is 0 Å². The van der Waals surface area contributed by atoms with Gasteiger partial charge >= 0.3 is 0 Å². The van der Waals surface area contributed by atoms with Crippen molar-refractivity contribution in [1.82, 2.24) is 20.1 Å². The molecule has 1 saturated heterocycles. The Hall–Kier alpha value is -3.27. The van der Waals surface area contributed by atoms with Crippen LogP contribution < -0.4 is 15.5 Å². The molecule has 0 radical (unpaired) electrons. The third-order valence-electron chi connectivity index (χ3n) is 5.65. The first-order chi connectivity index (χ1) is 16.0. The van der Waals surface area contributed by atoms with Gasteiger partial charge < -0.3 is 20.0 Å². The number of amides is 2. The Balaban J connectivity index is 1.42. The zero-order chi connectivity index (χ0) is 23.2. The molecule has 1 fully saturated rings. The van der Waals surface area contributed by atoms with Gasteiger partial charge in [0, 0.05) is 31.4 Å². The summed E-state index contributed by atoms with van der Waals surface area (Å²) in [4.78, 5) is 26.5. The summed E-state index contributed by atoms with van der Waals surface area (Å²) in [6, 6.07) is 10.5. The predicted molar refractivity (Wildman–Crippen MR) is 128 cm³/mol. The number of carbonyl (C=O) groups is 2. The fourth-order valence-corrected chi connectivity index (χ4v) is 4.44. The van der Waals surface area contributed by atoms with Crippen LogP contribution in [0, 0.1) is 5.92 Å². The Bertz CT molecular complexity index is 1070. The molecule has 1 aliphatic heterocycles. The number of anilines is 2. The Morgan fingerprint density at radius 3 is 2.58 bits per heavy atom. The summed E-state index contributed by atoms with van der Waals surface area (Å²) in [5.41, 5.74) is 1.17. The molecule has 9 nitrogen and oxygen atoms in total. The van der Waals surface area contributed by atoms with Crippen molar-refractivity contribution in [2.75, 3.05) is 36.1 Å². The van der Waals surface area contributed by atoms with Gasteiger partial charge in [0.25, 0.3) is 5.91 Å². The number of benzene rings is 1. The van der Waals surface area contributed by atoms with E-state index in [9.17, 15) is 9.59 Å². The third-order valence-corrected chi connectivity index (χ3v) is 6.61. The van der Waals surface area contributed by atoms with Gasteiger partial charge in [-0.3, -0.25) is 14.2 Å². The summed E-state index contributed by atoms with van der Waals surface area (Å²) in [7, 11) is 1.58. The summed E-state index contributed by atoms with van der Waals surface area (Å²) in [6.07, 6.45) is 3.89. The Kier molecular flexibility index (Phi) is 7.33. The van der Waals surface area contributed by atoms with Gasteiger partial charge in [0.05, 0.1) is 18.6 Å². The van der Waals surface area contributed by atoms with E-state index in [0.717, 1.165) is 37.6 Å². The lowest BCUT2D eigenvalue weighted by Gasteiger charge is -2.31. The Labute approximate surface area is 196 Å². The van der Waals surface area contributed by atoms with E-state index in [4.69, 9.17) is 4.42 Å². The maximum atomic E-state index is 12.5. The van der Waals surface area contributed by atoms with E-state index in [1.54, 1.807) is 37.6 Å². The van der Waals surface area contributed by atoms with Gasteiger partial charge in [-0.05, 0) is 55.2 Å². The number of furan rings is 1. The fraction of sp³-hybridized carbons (Fsp3) is 0.391. The number of nitrogens with one attached hydrogen (secondary N) is 2. The smallest absolute Gasteiger partial charge is 0.251 e. The number of carbonyl (C=O) groups excluding carboxylic acids is 2. The molecular formula is C23H28N6O3S. The summed E-state index contributed by atoms with van der Waals surface area (Å²) < 4.78 is 7.57. The minimum Gasteiger partial charge on any atom is -0.467 e. The van der Waals surface area contributed by atoms with Crippen LogP contribution in [0.25, 0.3) is 0 Å². The summed E-state index contributed by atoms with van der Waals surface area (Å²) >= 11 is 1.34. The molecule has 1 aromatic carbocycles. The monoisotopic (exact) mass is 468 g/mol. The molecular weight excluding hydrogens is 440 g/mol. The predicted octanol–water partition coefficient (Wildman–Crippen LogP) is 3.25. The molecule has 0 unspecified atom stereocenters. The third kappa shape index (κ3) is 5.75. The van der Waals surface area contributed by atoms with Crippen LogP contribution >= 0.6 is 11.8 Å². The van der Waals surface area contributed by atoms with Crippen LogP contribution in [0.1, 0.15) is 35.9 Å². The molecule has 0 spiro atoms. The van der Waals surface area contributed by atoms with E-state index in [-0.39, 0.29) is 17.6 Å². The van der Waals surface area contributed by atoms with Gasteiger partial charge in [0.2, 0.25) is 11.9 Å². The van der Waals surface area contributed by atoms with Gasteiger partial charge in [-0.15, -0.1) is 10.2 Å². The topological polar surface area (TPSA) is 105 Å². The van der Waals surface area contributed by atoms with Crippen molar-refractivity contribution in [3.05, 3.63) is 54.0 Å². The minimum atomic E-state index is -0.168. The second-order valence-corrected chi connectivity index (χ2v) is 9.05. The molecule has 3 heterocycles. The zero-order valence-electron chi connectivity index (χ0n) is 18.8. The Morgan fingerprint density at radius 1 is 1.15 bits per heavy atom. The molecule has 2 aromatic heterocycles. The van der Waals surface area contributed by atoms with Gasteiger partial charge in [0.15, 0.2) is 5.16 Å². The highest BCUT2D eigenvalue weighted by atomic mass is 32.2. The second-order valence-electron chi connectivity index (χ2n) is 8.11. The van der Waals surface area contributed by atoms with Gasteiger partial charge in [0.1, 0.15) is 5.76 Å². The lowest BCUT2D eigenvalue weighted by atomic mass is 10.00. The average molecular weight is 469 g/mol. The van der Waals surface area contributed by atoms with E-state index in [0.29, 0.717) is 28.9 Å². The number of hydrogen-bond acceptors (Lipinski definition) is 7. The van der Waals surface area contributed by atoms with Crippen molar-refractivity contribution < 1.29 is 14.0 Å².